The van der Waals surface area contributed by atoms with Gasteiger partial charge < -0.3 is 11.1 Å². The highest BCUT2D eigenvalue weighted by molar-refractivity contribution is 7.99. The Balaban J connectivity index is 1.69. The van der Waals surface area contributed by atoms with Crippen LogP contribution >= 0.6 is 11.8 Å². The van der Waals surface area contributed by atoms with Gasteiger partial charge in [0.05, 0.1) is 5.54 Å². The van der Waals surface area contributed by atoms with Crippen LogP contribution in [0.25, 0.3) is 0 Å². The van der Waals surface area contributed by atoms with Gasteiger partial charge in [-0.15, -0.1) is 0 Å². The van der Waals surface area contributed by atoms with Gasteiger partial charge in [-0.3, -0.25) is 4.79 Å². The number of nitrogens with two attached hydrogens (primary N) is 1. The molecule has 0 bridgehead atoms. The van der Waals surface area contributed by atoms with Crippen LogP contribution in [0.5, 0.6) is 0 Å². The van der Waals surface area contributed by atoms with Crippen LogP contribution < -0.4 is 11.1 Å². The maximum atomic E-state index is 11.9. The van der Waals surface area contributed by atoms with E-state index >= 15 is 0 Å². The van der Waals surface area contributed by atoms with E-state index in [-0.39, 0.29) is 5.91 Å². The smallest absolute Gasteiger partial charge is 0.244 e. The van der Waals surface area contributed by atoms with E-state index in [1.165, 1.54) is 16.0 Å². The van der Waals surface area contributed by atoms with E-state index in [0.29, 0.717) is 0 Å². The van der Waals surface area contributed by atoms with E-state index in [1.807, 2.05) is 24.3 Å². The molecule has 0 saturated heterocycles. The summed E-state index contributed by atoms with van der Waals surface area (Å²) in [7, 11) is 0. The molecule has 3 nitrogen and oxygen atoms in total. The third-order valence-corrected chi connectivity index (χ3v) is 5.09. The third-order valence-electron chi connectivity index (χ3n) is 3.92. The normalized spacial score (nSPS) is 15.4. The van der Waals surface area contributed by atoms with Gasteiger partial charge >= 0.3 is 0 Å². The van der Waals surface area contributed by atoms with Gasteiger partial charge in [-0.2, -0.15) is 0 Å². The Labute approximate surface area is 135 Å². The second-order valence-electron chi connectivity index (χ2n) is 6.01. The molecular weight excluding hydrogens is 292 g/mol. The Hall–Kier alpha value is -1.78. The number of hydrogen-bond acceptors (Lipinski definition) is 3. The van der Waals surface area contributed by atoms with Gasteiger partial charge in [0.1, 0.15) is 0 Å². The van der Waals surface area contributed by atoms with Crippen molar-refractivity contribution in [3.63, 3.8) is 0 Å². The van der Waals surface area contributed by atoms with Crippen molar-refractivity contribution in [2.75, 3.05) is 5.32 Å². The maximum absolute atomic E-state index is 11.9. The molecule has 1 saturated carbocycles. The highest BCUT2D eigenvalue weighted by Gasteiger charge is 2.45. The van der Waals surface area contributed by atoms with E-state index in [1.54, 1.807) is 11.8 Å². The number of rotatable bonds is 4. The maximum Gasteiger partial charge on any atom is 0.244 e. The molecule has 1 fully saturated rings. The van der Waals surface area contributed by atoms with Crippen LogP contribution in [-0.2, 0) is 4.79 Å². The fourth-order valence-corrected chi connectivity index (χ4v) is 3.17. The Bertz CT molecular complexity index is 706. The fourth-order valence-electron chi connectivity index (χ4n) is 2.17. The minimum atomic E-state index is -0.633. The lowest BCUT2D eigenvalue weighted by molar-refractivity contribution is -0.118. The molecule has 114 valence electrons. The minimum Gasteiger partial charge on any atom is -0.324 e. The summed E-state index contributed by atoms with van der Waals surface area (Å²) in [5.74, 6) is -0.0811. The molecule has 2 aromatic carbocycles. The molecule has 0 unspecified atom stereocenters. The van der Waals surface area contributed by atoms with Gasteiger partial charge in [-0.1, -0.05) is 23.9 Å². The number of aryl methyl sites for hydroxylation is 2. The Morgan fingerprint density at radius 3 is 2.45 bits per heavy atom. The van der Waals surface area contributed by atoms with Gasteiger partial charge in [0.2, 0.25) is 5.91 Å². The number of anilines is 1. The summed E-state index contributed by atoms with van der Waals surface area (Å²) in [5, 5.41) is 2.88. The lowest BCUT2D eigenvalue weighted by atomic mass is 10.2. The second-order valence-corrected chi connectivity index (χ2v) is 7.12. The van der Waals surface area contributed by atoms with E-state index in [4.69, 9.17) is 5.73 Å². The molecule has 0 aliphatic heterocycles. The molecule has 0 aromatic heterocycles. The van der Waals surface area contributed by atoms with Crippen molar-refractivity contribution in [1.82, 2.24) is 0 Å². The van der Waals surface area contributed by atoms with Crippen molar-refractivity contribution in [3.8, 4) is 0 Å². The first-order valence-corrected chi connectivity index (χ1v) is 8.23. The largest absolute Gasteiger partial charge is 0.324 e. The summed E-state index contributed by atoms with van der Waals surface area (Å²) in [6.45, 7) is 4.22. The van der Waals surface area contributed by atoms with Crippen LogP contribution in [0, 0.1) is 13.8 Å². The molecule has 2 aromatic rings. The van der Waals surface area contributed by atoms with Gasteiger partial charge in [0.15, 0.2) is 0 Å². The van der Waals surface area contributed by atoms with E-state index < -0.39 is 5.54 Å². The Kier molecular flexibility index (Phi) is 3.98. The quantitative estimate of drug-likeness (QED) is 0.900. The summed E-state index contributed by atoms with van der Waals surface area (Å²) in [4.78, 5) is 14.3. The molecule has 0 spiro atoms. The second kappa shape index (κ2) is 5.78. The number of carbonyl (C=O) groups is 1. The number of hydrogen-bond donors (Lipinski definition) is 2. The summed E-state index contributed by atoms with van der Waals surface area (Å²) in [6, 6.07) is 14.4. The topological polar surface area (TPSA) is 55.1 Å². The van der Waals surface area contributed by atoms with Crippen molar-refractivity contribution < 1.29 is 4.79 Å². The zero-order valence-corrected chi connectivity index (χ0v) is 13.7. The van der Waals surface area contributed by atoms with Crippen molar-refractivity contribution in [2.24, 2.45) is 5.73 Å². The SMILES string of the molecule is Cc1ccc(C)c(Sc2ccc(NC(=O)C3(N)CC3)cc2)c1. The summed E-state index contributed by atoms with van der Waals surface area (Å²) in [6.07, 6.45) is 1.55. The first-order chi connectivity index (χ1) is 10.5. The molecule has 22 heavy (non-hydrogen) atoms. The van der Waals surface area contributed by atoms with Gasteiger partial charge in [-0.25, -0.2) is 0 Å². The number of amides is 1. The van der Waals surface area contributed by atoms with Crippen LogP contribution in [0.1, 0.15) is 24.0 Å². The van der Waals surface area contributed by atoms with Crippen LogP contribution in [0.3, 0.4) is 0 Å². The summed E-state index contributed by atoms with van der Waals surface area (Å²) in [5.41, 5.74) is 8.58. The lowest BCUT2D eigenvalue weighted by Gasteiger charge is -2.11. The van der Waals surface area contributed by atoms with Crippen LogP contribution in [0.4, 0.5) is 5.69 Å². The van der Waals surface area contributed by atoms with Gasteiger partial charge in [-0.05, 0) is 68.1 Å². The number of nitrogens with one attached hydrogen (secondary N) is 1. The molecule has 0 atom stereocenters. The number of benzene rings is 2. The van der Waals surface area contributed by atoms with E-state index in [2.05, 4.69) is 37.4 Å². The summed E-state index contributed by atoms with van der Waals surface area (Å²) >= 11 is 1.74. The molecule has 0 radical (unpaired) electrons. The first-order valence-electron chi connectivity index (χ1n) is 7.42. The minimum absolute atomic E-state index is 0.0811. The highest BCUT2D eigenvalue weighted by atomic mass is 32.2. The fraction of sp³-hybridized carbons (Fsp3) is 0.278. The zero-order chi connectivity index (χ0) is 15.7. The van der Waals surface area contributed by atoms with Crippen molar-refractivity contribution >= 4 is 23.4 Å². The molecule has 3 N–H and O–H groups in total. The Morgan fingerprint density at radius 2 is 1.82 bits per heavy atom. The van der Waals surface area contributed by atoms with Crippen molar-refractivity contribution in [3.05, 3.63) is 53.6 Å². The van der Waals surface area contributed by atoms with Gasteiger partial charge in [0.25, 0.3) is 0 Å². The van der Waals surface area contributed by atoms with Crippen molar-refractivity contribution in [1.29, 1.82) is 0 Å². The van der Waals surface area contributed by atoms with Crippen molar-refractivity contribution in [2.45, 2.75) is 42.0 Å². The average Bonchev–Trinajstić information content (AvgIpc) is 3.24. The van der Waals surface area contributed by atoms with Crippen LogP contribution in [0.2, 0.25) is 0 Å². The molecule has 1 amide bonds. The average molecular weight is 312 g/mol. The monoisotopic (exact) mass is 312 g/mol. The molecule has 0 heterocycles. The predicted octanol–water partition coefficient (Wildman–Crippen LogP) is 3.88. The summed E-state index contributed by atoms with van der Waals surface area (Å²) < 4.78 is 0. The molecule has 1 aliphatic carbocycles. The van der Waals surface area contributed by atoms with E-state index in [9.17, 15) is 4.79 Å². The highest BCUT2D eigenvalue weighted by Crippen LogP contribution is 2.34. The van der Waals surface area contributed by atoms with Gasteiger partial charge in [0, 0.05) is 15.5 Å². The molecule has 1 aliphatic rings. The van der Waals surface area contributed by atoms with Crippen LogP contribution in [-0.4, -0.2) is 11.4 Å². The van der Waals surface area contributed by atoms with E-state index in [0.717, 1.165) is 23.4 Å². The standard InChI is InChI=1S/C18H20N2OS/c1-12-3-4-13(2)16(11-12)22-15-7-5-14(6-8-15)20-17(21)18(19)9-10-18/h3-8,11H,9-10,19H2,1-2H3,(H,20,21). The zero-order valence-electron chi connectivity index (χ0n) is 12.8. The predicted molar refractivity (Wildman–Crippen MR) is 91.3 cm³/mol. The third kappa shape index (κ3) is 3.34. The van der Waals surface area contributed by atoms with Crippen LogP contribution in [0.15, 0.2) is 52.3 Å². The molecule has 3 rings (SSSR count). The molecule has 4 heteroatoms. The lowest BCUT2D eigenvalue weighted by Crippen LogP contribution is -2.37. The molecular formula is C18H20N2OS. The first kappa shape index (κ1) is 15.1. The Morgan fingerprint density at radius 1 is 1.14 bits per heavy atom. The number of carbonyl (C=O) groups excluding carboxylic acids is 1.